The molecule has 3 N–H and O–H groups in total. The fourth-order valence-corrected chi connectivity index (χ4v) is 1.14. The van der Waals surface area contributed by atoms with Gasteiger partial charge in [0.2, 0.25) is 5.91 Å². The third-order valence-corrected chi connectivity index (χ3v) is 2.76. The van der Waals surface area contributed by atoms with Crippen LogP contribution >= 0.6 is 0 Å². The summed E-state index contributed by atoms with van der Waals surface area (Å²) < 4.78 is 0. The van der Waals surface area contributed by atoms with Gasteiger partial charge < -0.3 is 11.1 Å². The number of amides is 1. The Hall–Kier alpha value is -0.570. The van der Waals surface area contributed by atoms with Crippen molar-refractivity contribution in [3.8, 4) is 0 Å². The quantitative estimate of drug-likeness (QED) is 0.685. The molecule has 0 heterocycles. The predicted molar refractivity (Wildman–Crippen MR) is 60.0 cm³/mol. The molecule has 0 rings (SSSR count). The lowest BCUT2D eigenvalue weighted by Crippen LogP contribution is -2.45. The van der Waals surface area contributed by atoms with Gasteiger partial charge in [-0.05, 0) is 12.8 Å². The van der Waals surface area contributed by atoms with Crippen LogP contribution in [0.4, 0.5) is 0 Å². The van der Waals surface area contributed by atoms with Crippen molar-refractivity contribution in [2.75, 3.05) is 6.54 Å². The van der Waals surface area contributed by atoms with E-state index in [2.05, 4.69) is 12.2 Å². The van der Waals surface area contributed by atoms with Crippen molar-refractivity contribution in [2.24, 2.45) is 11.1 Å². The van der Waals surface area contributed by atoms with Crippen molar-refractivity contribution < 1.29 is 4.79 Å². The maximum Gasteiger partial charge on any atom is 0.225 e. The van der Waals surface area contributed by atoms with Crippen molar-refractivity contribution in [3.63, 3.8) is 0 Å². The summed E-state index contributed by atoms with van der Waals surface area (Å²) in [7, 11) is 0. The molecule has 0 fully saturated rings. The van der Waals surface area contributed by atoms with Gasteiger partial charge in [0.1, 0.15) is 0 Å². The Kier molecular flexibility index (Phi) is 5.77. The lowest BCUT2D eigenvalue weighted by Gasteiger charge is -2.25. The number of carbonyl (C=O) groups is 1. The molecular formula is C11H24N2O. The fraction of sp³-hybridized carbons (Fsp3) is 0.909. The summed E-state index contributed by atoms with van der Waals surface area (Å²) >= 11 is 0. The number of carbonyl (C=O) groups excluding carboxylic acids is 1. The third-order valence-electron chi connectivity index (χ3n) is 2.76. The van der Waals surface area contributed by atoms with Crippen molar-refractivity contribution in [1.29, 1.82) is 0 Å². The summed E-state index contributed by atoms with van der Waals surface area (Å²) in [5, 5.41) is 2.99. The summed E-state index contributed by atoms with van der Waals surface area (Å²) in [6, 6.07) is 0.137. The number of hydrogen-bond acceptors (Lipinski definition) is 2. The highest BCUT2D eigenvalue weighted by atomic mass is 16.2. The Morgan fingerprint density at radius 3 is 2.36 bits per heavy atom. The molecule has 84 valence electrons. The molecule has 0 spiro atoms. The highest BCUT2D eigenvalue weighted by Crippen LogP contribution is 2.19. The van der Waals surface area contributed by atoms with Gasteiger partial charge in [0.15, 0.2) is 0 Å². The van der Waals surface area contributed by atoms with E-state index >= 15 is 0 Å². The molecule has 0 aliphatic heterocycles. The first kappa shape index (κ1) is 13.4. The van der Waals surface area contributed by atoms with Crippen LogP contribution in [0, 0.1) is 5.41 Å². The van der Waals surface area contributed by atoms with Crippen LogP contribution in [0.1, 0.15) is 47.0 Å². The zero-order valence-corrected chi connectivity index (χ0v) is 9.89. The van der Waals surface area contributed by atoms with E-state index < -0.39 is 0 Å². The molecule has 0 aliphatic rings. The van der Waals surface area contributed by atoms with E-state index in [4.69, 9.17) is 5.73 Å². The molecule has 0 aromatic rings. The van der Waals surface area contributed by atoms with Crippen LogP contribution in [0.5, 0.6) is 0 Å². The van der Waals surface area contributed by atoms with Gasteiger partial charge in [0.05, 0.1) is 0 Å². The number of nitrogens with two attached hydrogens (primary N) is 1. The highest BCUT2D eigenvalue weighted by Gasteiger charge is 2.26. The molecule has 0 aromatic heterocycles. The molecule has 0 aromatic carbocycles. The normalized spacial score (nSPS) is 13.8. The second-order valence-electron chi connectivity index (χ2n) is 4.43. The van der Waals surface area contributed by atoms with Crippen molar-refractivity contribution >= 4 is 5.91 Å². The van der Waals surface area contributed by atoms with Crippen LogP contribution in [-0.4, -0.2) is 18.5 Å². The largest absolute Gasteiger partial charge is 0.352 e. The lowest BCUT2D eigenvalue weighted by molar-refractivity contribution is -0.130. The number of hydrogen-bond donors (Lipinski definition) is 2. The van der Waals surface area contributed by atoms with E-state index in [1.54, 1.807) is 0 Å². The molecule has 0 aliphatic carbocycles. The van der Waals surface area contributed by atoms with E-state index in [0.29, 0.717) is 6.54 Å². The lowest BCUT2D eigenvalue weighted by atomic mass is 9.89. The summed E-state index contributed by atoms with van der Waals surface area (Å²) in [5.74, 6) is 0.115. The minimum absolute atomic E-state index is 0.115. The Bertz CT molecular complexity index is 178. The topological polar surface area (TPSA) is 55.1 Å². The molecule has 1 amide bonds. The van der Waals surface area contributed by atoms with Gasteiger partial charge >= 0.3 is 0 Å². The molecule has 1 unspecified atom stereocenters. The molecule has 0 bridgehead atoms. The van der Waals surface area contributed by atoms with Crippen LogP contribution < -0.4 is 11.1 Å². The molecule has 3 nitrogen and oxygen atoms in total. The summed E-state index contributed by atoms with van der Waals surface area (Å²) in [4.78, 5) is 11.8. The zero-order chi connectivity index (χ0) is 11.2. The Morgan fingerprint density at radius 1 is 1.43 bits per heavy atom. The van der Waals surface area contributed by atoms with Crippen LogP contribution in [0.2, 0.25) is 0 Å². The van der Waals surface area contributed by atoms with Crippen LogP contribution in [0.3, 0.4) is 0 Å². The zero-order valence-electron chi connectivity index (χ0n) is 9.89. The van der Waals surface area contributed by atoms with Crippen molar-refractivity contribution in [1.82, 2.24) is 5.32 Å². The van der Waals surface area contributed by atoms with Gasteiger partial charge in [-0.25, -0.2) is 0 Å². The van der Waals surface area contributed by atoms with E-state index in [1.807, 2.05) is 20.8 Å². The molecule has 0 saturated carbocycles. The monoisotopic (exact) mass is 200 g/mol. The highest BCUT2D eigenvalue weighted by molar-refractivity contribution is 5.81. The molecule has 14 heavy (non-hydrogen) atoms. The average molecular weight is 200 g/mol. The maximum atomic E-state index is 11.8. The molecule has 1 atom stereocenters. The number of nitrogens with one attached hydrogen (secondary N) is 1. The SMILES string of the molecule is CCCC(CN)NC(=O)C(C)(C)CC. The second-order valence-corrected chi connectivity index (χ2v) is 4.43. The Labute approximate surface area is 87.4 Å². The summed E-state index contributed by atoms with van der Waals surface area (Å²) in [5.41, 5.74) is 5.30. The Balaban J connectivity index is 4.15. The first-order valence-electron chi connectivity index (χ1n) is 5.49. The van der Waals surface area contributed by atoms with Crippen LogP contribution in [0.25, 0.3) is 0 Å². The standard InChI is InChI=1S/C11H24N2O/c1-5-7-9(8-12)13-10(14)11(3,4)6-2/h9H,5-8,12H2,1-4H3,(H,13,14). The molecule has 3 heteroatoms. The van der Waals surface area contributed by atoms with Crippen molar-refractivity contribution in [3.05, 3.63) is 0 Å². The number of rotatable bonds is 6. The van der Waals surface area contributed by atoms with Gasteiger partial charge in [0, 0.05) is 18.0 Å². The van der Waals surface area contributed by atoms with Gasteiger partial charge in [-0.3, -0.25) is 4.79 Å². The van der Waals surface area contributed by atoms with Crippen molar-refractivity contribution in [2.45, 2.75) is 53.0 Å². The molecular weight excluding hydrogens is 176 g/mol. The van der Waals surface area contributed by atoms with Gasteiger partial charge in [-0.2, -0.15) is 0 Å². The minimum atomic E-state index is -0.277. The smallest absolute Gasteiger partial charge is 0.225 e. The van der Waals surface area contributed by atoms with E-state index in [0.717, 1.165) is 19.3 Å². The van der Waals surface area contributed by atoms with Crippen LogP contribution in [0.15, 0.2) is 0 Å². The van der Waals surface area contributed by atoms with E-state index in [-0.39, 0.29) is 17.4 Å². The molecule has 0 radical (unpaired) electrons. The first-order valence-corrected chi connectivity index (χ1v) is 5.49. The molecule has 0 saturated heterocycles. The minimum Gasteiger partial charge on any atom is -0.352 e. The summed E-state index contributed by atoms with van der Waals surface area (Å²) in [6.45, 7) is 8.57. The third kappa shape index (κ3) is 4.09. The van der Waals surface area contributed by atoms with E-state index in [1.165, 1.54) is 0 Å². The Morgan fingerprint density at radius 2 is 2.00 bits per heavy atom. The maximum absolute atomic E-state index is 11.8. The second kappa shape index (κ2) is 6.02. The average Bonchev–Trinajstić information content (AvgIpc) is 2.16. The van der Waals surface area contributed by atoms with E-state index in [9.17, 15) is 4.79 Å². The summed E-state index contributed by atoms with van der Waals surface area (Å²) in [6.07, 6.45) is 2.86. The fourth-order valence-electron chi connectivity index (χ4n) is 1.14. The first-order chi connectivity index (χ1) is 6.47. The van der Waals surface area contributed by atoms with Crippen LogP contribution in [-0.2, 0) is 4.79 Å². The van der Waals surface area contributed by atoms with Gasteiger partial charge in [-0.15, -0.1) is 0 Å². The predicted octanol–water partition coefficient (Wildman–Crippen LogP) is 1.67. The van der Waals surface area contributed by atoms with Gasteiger partial charge in [-0.1, -0.05) is 34.1 Å². The van der Waals surface area contributed by atoms with Gasteiger partial charge in [0.25, 0.3) is 0 Å².